The first-order valence-corrected chi connectivity index (χ1v) is 12.8. The van der Waals surface area contributed by atoms with Gasteiger partial charge in [-0.2, -0.15) is 0 Å². The van der Waals surface area contributed by atoms with Gasteiger partial charge in [0, 0.05) is 17.5 Å². The number of hydrogen-bond donors (Lipinski definition) is 0. The molecular weight excluding hydrogens is 350 g/mol. The summed E-state index contributed by atoms with van der Waals surface area (Å²) in [5, 5.41) is 2.07. The van der Waals surface area contributed by atoms with Gasteiger partial charge in [-0.3, -0.25) is 4.79 Å². The molecule has 4 heteroatoms. The molecular formula is C23H35NO2Si. The molecule has 0 aliphatic carbocycles. The molecule has 1 amide bonds. The fraction of sp³-hybridized carbons (Fsp3) is 0.522. The van der Waals surface area contributed by atoms with Crippen LogP contribution in [0.15, 0.2) is 36.4 Å². The van der Waals surface area contributed by atoms with Gasteiger partial charge in [-0.15, -0.1) is 0 Å². The van der Waals surface area contributed by atoms with Crippen molar-refractivity contribution in [1.29, 1.82) is 0 Å². The fourth-order valence-corrected chi connectivity index (χ4v) is 4.23. The van der Waals surface area contributed by atoms with E-state index in [4.69, 9.17) is 4.43 Å². The van der Waals surface area contributed by atoms with Gasteiger partial charge in [-0.1, -0.05) is 45.0 Å². The zero-order chi connectivity index (χ0) is 20.6. The molecule has 27 heavy (non-hydrogen) atoms. The third-order valence-corrected chi connectivity index (χ3v) is 9.96. The third-order valence-electron chi connectivity index (χ3n) is 5.62. The van der Waals surface area contributed by atoms with Gasteiger partial charge < -0.3 is 9.33 Å². The minimum absolute atomic E-state index is 0.0666. The molecule has 0 unspecified atom stereocenters. The van der Waals surface area contributed by atoms with Crippen LogP contribution in [0.3, 0.4) is 0 Å². The molecule has 0 aromatic heterocycles. The summed E-state index contributed by atoms with van der Waals surface area (Å²) >= 11 is 0. The van der Waals surface area contributed by atoms with Crippen LogP contribution in [-0.4, -0.2) is 31.2 Å². The Hall–Kier alpha value is -1.81. The van der Waals surface area contributed by atoms with E-state index >= 15 is 0 Å². The Morgan fingerprint density at radius 2 is 1.48 bits per heavy atom. The smallest absolute Gasteiger partial charge is 0.255 e. The summed E-state index contributed by atoms with van der Waals surface area (Å²) in [7, 11) is -2.02. The Labute approximate surface area is 165 Å². The van der Waals surface area contributed by atoms with Crippen molar-refractivity contribution < 1.29 is 9.22 Å². The van der Waals surface area contributed by atoms with Gasteiger partial charge in [-0.05, 0) is 63.3 Å². The summed E-state index contributed by atoms with van der Waals surface area (Å²) in [6, 6.07) is 12.3. The number of rotatable bonds is 5. The molecule has 0 heterocycles. The lowest BCUT2D eigenvalue weighted by Gasteiger charge is -2.37. The minimum Gasteiger partial charge on any atom is -0.543 e. The standard InChI is InChI=1S/C23H35NO2Si/c1-16(2)24(17(3)4)22(25)19-14-10-12-18-13-11-15-20(21(18)19)26-27(8,9)23(5,6)7/h10-17H,1-9H3. The van der Waals surface area contributed by atoms with E-state index in [1.54, 1.807) is 0 Å². The van der Waals surface area contributed by atoms with E-state index in [0.717, 1.165) is 22.1 Å². The maximum atomic E-state index is 13.4. The van der Waals surface area contributed by atoms with Crippen molar-refractivity contribution in [2.75, 3.05) is 0 Å². The Morgan fingerprint density at radius 1 is 0.963 bits per heavy atom. The molecule has 0 fully saturated rings. The van der Waals surface area contributed by atoms with Crippen LogP contribution in [0.25, 0.3) is 10.8 Å². The summed E-state index contributed by atoms with van der Waals surface area (Å²) in [6.07, 6.45) is 0. The summed E-state index contributed by atoms with van der Waals surface area (Å²) < 4.78 is 6.64. The summed E-state index contributed by atoms with van der Waals surface area (Å²) in [4.78, 5) is 15.4. The highest BCUT2D eigenvalue weighted by Gasteiger charge is 2.39. The maximum absolute atomic E-state index is 13.4. The lowest BCUT2D eigenvalue weighted by atomic mass is 10.0. The predicted molar refractivity (Wildman–Crippen MR) is 118 cm³/mol. The van der Waals surface area contributed by atoms with Crippen LogP contribution in [0.2, 0.25) is 18.1 Å². The van der Waals surface area contributed by atoms with E-state index in [1.165, 1.54) is 0 Å². The first-order chi connectivity index (χ1) is 12.4. The first kappa shape index (κ1) is 21.5. The first-order valence-electron chi connectivity index (χ1n) is 9.90. The molecule has 0 spiro atoms. The van der Waals surface area contributed by atoms with E-state index in [0.29, 0.717) is 0 Å². The number of amides is 1. The maximum Gasteiger partial charge on any atom is 0.255 e. The molecule has 0 bridgehead atoms. The van der Waals surface area contributed by atoms with E-state index in [-0.39, 0.29) is 23.0 Å². The summed E-state index contributed by atoms with van der Waals surface area (Å²) in [6.45, 7) is 19.4. The van der Waals surface area contributed by atoms with Gasteiger partial charge in [0.1, 0.15) is 5.75 Å². The van der Waals surface area contributed by atoms with E-state index in [2.05, 4.69) is 73.7 Å². The average Bonchev–Trinajstić information content (AvgIpc) is 2.52. The van der Waals surface area contributed by atoms with Crippen molar-refractivity contribution in [3.8, 4) is 5.75 Å². The summed E-state index contributed by atoms with van der Waals surface area (Å²) in [5.41, 5.74) is 0.726. The average molecular weight is 386 g/mol. The number of carbonyl (C=O) groups is 1. The van der Waals surface area contributed by atoms with Crippen LogP contribution in [0, 0.1) is 0 Å². The molecule has 2 aromatic carbocycles. The van der Waals surface area contributed by atoms with Crippen molar-refractivity contribution in [3.05, 3.63) is 42.0 Å². The van der Waals surface area contributed by atoms with Crippen LogP contribution in [0.5, 0.6) is 5.75 Å². The monoisotopic (exact) mass is 385 g/mol. The Kier molecular flexibility index (Phi) is 6.10. The van der Waals surface area contributed by atoms with Gasteiger partial charge in [0.05, 0.1) is 5.56 Å². The topological polar surface area (TPSA) is 29.5 Å². The number of hydrogen-bond acceptors (Lipinski definition) is 2. The lowest BCUT2D eigenvalue weighted by Crippen LogP contribution is -2.44. The number of carbonyl (C=O) groups excluding carboxylic acids is 1. The van der Waals surface area contributed by atoms with Crippen LogP contribution in [-0.2, 0) is 0 Å². The highest BCUT2D eigenvalue weighted by molar-refractivity contribution is 6.74. The Morgan fingerprint density at radius 3 is 1.96 bits per heavy atom. The highest BCUT2D eigenvalue weighted by atomic mass is 28.4. The molecule has 148 valence electrons. The highest BCUT2D eigenvalue weighted by Crippen LogP contribution is 2.40. The Balaban J connectivity index is 2.65. The van der Waals surface area contributed by atoms with Gasteiger partial charge in [-0.25, -0.2) is 0 Å². The van der Waals surface area contributed by atoms with Crippen molar-refractivity contribution >= 4 is 25.0 Å². The second-order valence-corrected chi connectivity index (χ2v) is 14.1. The molecule has 0 aliphatic heterocycles. The minimum atomic E-state index is -2.02. The SMILES string of the molecule is CC(C)N(C(=O)c1cccc2cccc(O[Si](C)(C)C(C)(C)C)c12)C(C)C. The van der Waals surface area contributed by atoms with Gasteiger partial charge in [0.15, 0.2) is 0 Å². The largest absolute Gasteiger partial charge is 0.543 e. The summed E-state index contributed by atoms with van der Waals surface area (Å²) in [5.74, 6) is 0.896. The van der Waals surface area contributed by atoms with E-state index < -0.39 is 8.32 Å². The van der Waals surface area contributed by atoms with Gasteiger partial charge in [0.2, 0.25) is 0 Å². The molecule has 3 nitrogen and oxygen atoms in total. The quantitative estimate of drug-likeness (QED) is 0.551. The number of benzene rings is 2. The zero-order valence-corrected chi connectivity index (χ0v) is 19.4. The second kappa shape index (κ2) is 7.67. The second-order valence-electron chi connectivity index (χ2n) is 9.42. The zero-order valence-electron chi connectivity index (χ0n) is 18.4. The van der Waals surface area contributed by atoms with Crippen LogP contribution in [0.1, 0.15) is 58.8 Å². The van der Waals surface area contributed by atoms with Crippen molar-refractivity contribution in [2.24, 2.45) is 0 Å². The van der Waals surface area contributed by atoms with Crippen LogP contribution >= 0.6 is 0 Å². The van der Waals surface area contributed by atoms with Crippen LogP contribution in [0.4, 0.5) is 0 Å². The molecule has 2 rings (SSSR count). The molecule has 0 N–H and O–H groups in total. The van der Waals surface area contributed by atoms with Gasteiger partial charge >= 0.3 is 0 Å². The third kappa shape index (κ3) is 4.37. The molecule has 0 saturated carbocycles. The number of nitrogens with zero attached hydrogens (tertiary/aromatic N) is 1. The molecule has 0 atom stereocenters. The van der Waals surface area contributed by atoms with Crippen LogP contribution < -0.4 is 4.43 Å². The molecule has 0 radical (unpaired) electrons. The lowest BCUT2D eigenvalue weighted by molar-refractivity contribution is 0.0645. The van der Waals surface area contributed by atoms with E-state index in [1.807, 2.05) is 29.2 Å². The predicted octanol–water partition coefficient (Wildman–Crippen LogP) is 6.48. The molecule has 0 aliphatic rings. The van der Waals surface area contributed by atoms with E-state index in [9.17, 15) is 4.79 Å². The fourth-order valence-electron chi connectivity index (χ4n) is 3.20. The van der Waals surface area contributed by atoms with Crippen molar-refractivity contribution in [3.63, 3.8) is 0 Å². The van der Waals surface area contributed by atoms with Gasteiger partial charge in [0.25, 0.3) is 14.2 Å². The Bertz CT molecular complexity index is 805. The van der Waals surface area contributed by atoms with Crippen molar-refractivity contribution in [2.45, 2.75) is 78.7 Å². The normalized spacial score (nSPS) is 12.7. The molecule has 2 aromatic rings. The molecule has 0 saturated heterocycles. The van der Waals surface area contributed by atoms with Crippen molar-refractivity contribution in [1.82, 2.24) is 4.90 Å². The number of fused-ring (bicyclic) bond motifs is 1.